The quantitative estimate of drug-likeness (QED) is 0.497. The van der Waals surface area contributed by atoms with E-state index in [0.717, 1.165) is 68.7 Å². The molecule has 1 atom stereocenters. The molecule has 0 amide bonds. The molecule has 2 saturated heterocycles. The lowest BCUT2D eigenvalue weighted by Crippen LogP contribution is -2.46. The van der Waals surface area contributed by atoms with E-state index in [4.69, 9.17) is 17.2 Å². The SMILES string of the molecule is CCN1CCN(c2cc(C)c3c(n2)C=CC(NC(=S)NCCCN2CCCC2)C3)CC1. The number of fused-ring (bicyclic) bond motifs is 1. The number of anilines is 1. The normalized spacial score (nSPS) is 21.9. The molecule has 31 heavy (non-hydrogen) atoms. The molecule has 0 aromatic carbocycles. The van der Waals surface area contributed by atoms with Crippen LogP contribution in [-0.2, 0) is 6.42 Å². The molecule has 3 heterocycles. The van der Waals surface area contributed by atoms with Crippen LogP contribution < -0.4 is 15.5 Å². The van der Waals surface area contributed by atoms with Gasteiger partial charge in [0.05, 0.1) is 11.7 Å². The molecule has 1 aliphatic carbocycles. The number of thiocarbonyl (C=S) groups is 1. The van der Waals surface area contributed by atoms with Gasteiger partial charge in [-0.15, -0.1) is 0 Å². The first-order chi connectivity index (χ1) is 15.1. The number of pyridine rings is 1. The van der Waals surface area contributed by atoms with Gasteiger partial charge in [0.2, 0.25) is 0 Å². The van der Waals surface area contributed by atoms with Crippen molar-refractivity contribution in [2.24, 2.45) is 0 Å². The summed E-state index contributed by atoms with van der Waals surface area (Å²) in [5.41, 5.74) is 3.79. The average molecular weight is 443 g/mol. The van der Waals surface area contributed by atoms with Gasteiger partial charge in [-0.3, -0.25) is 0 Å². The third-order valence-corrected chi connectivity index (χ3v) is 7.13. The lowest BCUT2D eigenvalue weighted by molar-refractivity contribution is 0.270. The number of likely N-dealkylation sites (tertiary alicyclic amines) is 1. The molecule has 1 unspecified atom stereocenters. The summed E-state index contributed by atoms with van der Waals surface area (Å²) < 4.78 is 0. The van der Waals surface area contributed by atoms with Crippen LogP contribution in [0.2, 0.25) is 0 Å². The molecule has 3 aliphatic rings. The summed E-state index contributed by atoms with van der Waals surface area (Å²) in [7, 11) is 0. The highest BCUT2D eigenvalue weighted by molar-refractivity contribution is 7.80. The summed E-state index contributed by atoms with van der Waals surface area (Å²) in [4.78, 5) is 12.5. The average Bonchev–Trinajstić information content (AvgIpc) is 3.31. The highest BCUT2D eigenvalue weighted by Crippen LogP contribution is 2.26. The van der Waals surface area contributed by atoms with Gasteiger partial charge >= 0.3 is 0 Å². The van der Waals surface area contributed by atoms with Crippen LogP contribution in [0.4, 0.5) is 5.82 Å². The van der Waals surface area contributed by atoms with Crippen molar-refractivity contribution in [1.82, 2.24) is 25.4 Å². The summed E-state index contributed by atoms with van der Waals surface area (Å²) in [5.74, 6) is 1.12. The zero-order chi connectivity index (χ0) is 21.6. The number of aryl methyl sites for hydroxylation is 1. The number of hydrogen-bond donors (Lipinski definition) is 2. The molecule has 1 aromatic rings. The molecule has 170 valence electrons. The molecular formula is C24H38N6S. The van der Waals surface area contributed by atoms with Crippen LogP contribution in [0.1, 0.15) is 43.0 Å². The van der Waals surface area contributed by atoms with Crippen molar-refractivity contribution in [2.75, 3.05) is 63.8 Å². The van der Waals surface area contributed by atoms with E-state index in [9.17, 15) is 0 Å². The van der Waals surface area contributed by atoms with E-state index in [-0.39, 0.29) is 6.04 Å². The summed E-state index contributed by atoms with van der Waals surface area (Å²) in [6.45, 7) is 14.6. The van der Waals surface area contributed by atoms with Gasteiger partial charge in [0.25, 0.3) is 0 Å². The zero-order valence-electron chi connectivity index (χ0n) is 19.2. The van der Waals surface area contributed by atoms with Crippen LogP contribution >= 0.6 is 12.2 Å². The second kappa shape index (κ2) is 10.7. The van der Waals surface area contributed by atoms with Crippen molar-refractivity contribution in [2.45, 2.75) is 45.6 Å². The summed E-state index contributed by atoms with van der Waals surface area (Å²) in [6, 6.07) is 2.50. The van der Waals surface area contributed by atoms with Crippen molar-refractivity contribution in [3.8, 4) is 0 Å². The molecule has 0 radical (unpaired) electrons. The van der Waals surface area contributed by atoms with Gasteiger partial charge in [-0.2, -0.15) is 0 Å². The van der Waals surface area contributed by atoms with E-state index in [1.54, 1.807) is 0 Å². The first kappa shape index (κ1) is 22.5. The van der Waals surface area contributed by atoms with E-state index in [1.165, 1.54) is 43.6 Å². The van der Waals surface area contributed by atoms with Crippen LogP contribution in [-0.4, -0.2) is 84.8 Å². The van der Waals surface area contributed by atoms with Gasteiger partial charge in [0.1, 0.15) is 5.82 Å². The Balaban J connectivity index is 1.26. The fraction of sp³-hybridized carbons (Fsp3) is 0.667. The monoisotopic (exact) mass is 442 g/mol. The largest absolute Gasteiger partial charge is 0.363 e. The molecule has 0 bridgehead atoms. The number of likely N-dealkylation sites (N-methyl/N-ethyl adjacent to an activating group) is 1. The molecule has 7 heteroatoms. The van der Waals surface area contributed by atoms with Crippen LogP contribution in [0.25, 0.3) is 6.08 Å². The summed E-state index contributed by atoms with van der Waals surface area (Å²) in [5, 5.41) is 7.63. The number of rotatable bonds is 7. The van der Waals surface area contributed by atoms with E-state index in [2.05, 4.69) is 57.4 Å². The maximum Gasteiger partial charge on any atom is 0.166 e. The summed E-state index contributed by atoms with van der Waals surface area (Å²) in [6.07, 6.45) is 9.17. The van der Waals surface area contributed by atoms with Crippen molar-refractivity contribution >= 4 is 29.2 Å². The third-order valence-electron chi connectivity index (χ3n) is 6.87. The Labute approximate surface area is 193 Å². The molecule has 6 nitrogen and oxygen atoms in total. The third kappa shape index (κ3) is 5.96. The van der Waals surface area contributed by atoms with Gasteiger partial charge in [0, 0.05) is 32.7 Å². The smallest absolute Gasteiger partial charge is 0.166 e. The molecule has 2 fully saturated rings. The van der Waals surface area contributed by atoms with E-state index < -0.39 is 0 Å². The van der Waals surface area contributed by atoms with Gasteiger partial charge in [-0.1, -0.05) is 13.0 Å². The Bertz CT molecular complexity index is 781. The lowest BCUT2D eigenvalue weighted by Gasteiger charge is -2.35. The maximum absolute atomic E-state index is 5.54. The molecular weight excluding hydrogens is 404 g/mol. The predicted octanol–water partition coefficient (Wildman–Crippen LogP) is 2.42. The van der Waals surface area contributed by atoms with Crippen LogP contribution in [0.3, 0.4) is 0 Å². The van der Waals surface area contributed by atoms with E-state index >= 15 is 0 Å². The van der Waals surface area contributed by atoms with Gasteiger partial charge in [0.15, 0.2) is 5.11 Å². The second-order valence-electron chi connectivity index (χ2n) is 9.05. The minimum absolute atomic E-state index is 0.227. The Morgan fingerprint density at radius 3 is 2.65 bits per heavy atom. The number of hydrogen-bond acceptors (Lipinski definition) is 5. The van der Waals surface area contributed by atoms with Gasteiger partial charge in [-0.25, -0.2) is 4.98 Å². The Kier molecular flexibility index (Phi) is 7.80. The number of piperazine rings is 1. The van der Waals surface area contributed by atoms with Crippen LogP contribution in [0, 0.1) is 6.92 Å². The highest BCUT2D eigenvalue weighted by atomic mass is 32.1. The van der Waals surface area contributed by atoms with E-state index in [0.29, 0.717) is 0 Å². The van der Waals surface area contributed by atoms with Gasteiger partial charge in [-0.05, 0) is 94.3 Å². The first-order valence-corrected chi connectivity index (χ1v) is 12.5. The molecule has 1 aromatic heterocycles. The van der Waals surface area contributed by atoms with E-state index in [1.807, 2.05) is 0 Å². The predicted molar refractivity (Wildman–Crippen MR) is 134 cm³/mol. The van der Waals surface area contributed by atoms with Crippen molar-refractivity contribution in [3.05, 3.63) is 29.0 Å². The van der Waals surface area contributed by atoms with Crippen LogP contribution in [0.15, 0.2) is 12.1 Å². The minimum atomic E-state index is 0.227. The Morgan fingerprint density at radius 2 is 1.90 bits per heavy atom. The summed E-state index contributed by atoms with van der Waals surface area (Å²) >= 11 is 5.54. The lowest BCUT2D eigenvalue weighted by atomic mass is 9.94. The first-order valence-electron chi connectivity index (χ1n) is 12.0. The molecule has 4 rings (SSSR count). The molecule has 2 N–H and O–H groups in total. The Morgan fingerprint density at radius 1 is 1.13 bits per heavy atom. The van der Waals surface area contributed by atoms with Crippen molar-refractivity contribution < 1.29 is 0 Å². The van der Waals surface area contributed by atoms with Gasteiger partial charge < -0.3 is 25.3 Å². The highest BCUT2D eigenvalue weighted by Gasteiger charge is 2.22. The second-order valence-corrected chi connectivity index (χ2v) is 9.46. The molecule has 0 saturated carbocycles. The molecule has 2 aliphatic heterocycles. The number of nitrogens with zero attached hydrogens (tertiary/aromatic N) is 4. The topological polar surface area (TPSA) is 46.7 Å². The van der Waals surface area contributed by atoms with Crippen LogP contribution in [0.5, 0.6) is 0 Å². The fourth-order valence-electron chi connectivity index (χ4n) is 4.89. The Hall–Kier alpha value is -1.70. The van der Waals surface area contributed by atoms with Crippen molar-refractivity contribution in [1.29, 1.82) is 0 Å². The zero-order valence-corrected chi connectivity index (χ0v) is 20.0. The molecule has 0 spiro atoms. The minimum Gasteiger partial charge on any atom is -0.363 e. The van der Waals surface area contributed by atoms with Crippen molar-refractivity contribution in [3.63, 3.8) is 0 Å². The fourth-order valence-corrected chi connectivity index (χ4v) is 5.14. The number of aromatic nitrogens is 1. The number of nitrogens with one attached hydrogen (secondary N) is 2. The standard InChI is InChI=1S/C24H38N6S/c1-3-28-13-15-30(16-14-28)23-17-19(2)21-18-20(7-8-22(21)27-23)26-24(31)25-9-6-12-29-10-4-5-11-29/h7-8,17,20H,3-6,9-16,18H2,1-2H3,(H2,25,26,31). The maximum atomic E-state index is 5.54.